The summed E-state index contributed by atoms with van der Waals surface area (Å²) >= 11 is 2.95. The summed E-state index contributed by atoms with van der Waals surface area (Å²) in [5, 5.41) is 3.23. The second-order valence-corrected chi connectivity index (χ2v) is 5.12. The van der Waals surface area contributed by atoms with Crippen molar-refractivity contribution in [1.82, 2.24) is 5.32 Å². The van der Waals surface area contributed by atoms with Crippen LogP contribution in [0, 0.1) is 0 Å². The molecule has 0 spiro atoms. The number of hydrogen-bond donors (Lipinski definition) is 1. The van der Waals surface area contributed by atoms with Gasteiger partial charge in [-0.15, -0.1) is 6.58 Å². The van der Waals surface area contributed by atoms with E-state index in [9.17, 15) is 13.2 Å². The van der Waals surface area contributed by atoms with E-state index in [1.807, 2.05) is 6.92 Å². The lowest BCUT2D eigenvalue weighted by atomic mass is 10.0. The predicted octanol–water partition coefficient (Wildman–Crippen LogP) is 5.08. The largest absolute Gasteiger partial charge is 0.417 e. The summed E-state index contributed by atoms with van der Waals surface area (Å²) in [5.74, 6) is 0. The van der Waals surface area contributed by atoms with E-state index >= 15 is 0 Å². The maximum absolute atomic E-state index is 12.9. The van der Waals surface area contributed by atoms with Crippen molar-refractivity contribution in [1.29, 1.82) is 0 Å². The van der Waals surface area contributed by atoms with Gasteiger partial charge < -0.3 is 5.32 Å². The normalized spacial score (nSPS) is 13.3. The molecule has 1 aromatic rings. The quantitative estimate of drug-likeness (QED) is 0.714. The minimum atomic E-state index is -4.35. The molecule has 1 atom stereocenters. The Bertz CT molecular complexity index is 429. The Labute approximate surface area is 120 Å². The van der Waals surface area contributed by atoms with Crippen LogP contribution >= 0.6 is 15.9 Å². The van der Waals surface area contributed by atoms with E-state index in [2.05, 4.69) is 27.8 Å². The van der Waals surface area contributed by atoms with Gasteiger partial charge in [0.1, 0.15) is 0 Å². The van der Waals surface area contributed by atoms with Gasteiger partial charge in [-0.25, -0.2) is 0 Å². The lowest BCUT2D eigenvalue weighted by molar-refractivity contribution is -0.138. The number of alkyl halides is 3. The van der Waals surface area contributed by atoms with E-state index in [-0.39, 0.29) is 10.5 Å². The summed E-state index contributed by atoms with van der Waals surface area (Å²) < 4.78 is 38.6. The molecule has 0 saturated carbocycles. The molecule has 0 heterocycles. The maximum atomic E-state index is 12.9. The fraction of sp³-hybridized carbons (Fsp3) is 0.429. The molecule has 0 aliphatic heterocycles. The van der Waals surface area contributed by atoms with Crippen molar-refractivity contribution >= 4 is 15.9 Å². The summed E-state index contributed by atoms with van der Waals surface area (Å²) in [6.07, 6.45) is -1.11. The highest BCUT2D eigenvalue weighted by molar-refractivity contribution is 9.10. The molecule has 1 aromatic carbocycles. The van der Waals surface area contributed by atoms with Crippen LogP contribution in [0.2, 0.25) is 0 Å². The highest BCUT2D eigenvalue weighted by Gasteiger charge is 2.33. The smallest absolute Gasteiger partial charge is 0.310 e. The van der Waals surface area contributed by atoms with Gasteiger partial charge in [0.15, 0.2) is 0 Å². The Kier molecular flexibility index (Phi) is 6.07. The highest BCUT2D eigenvalue weighted by atomic mass is 79.9. The van der Waals surface area contributed by atoms with Gasteiger partial charge in [0.2, 0.25) is 0 Å². The fourth-order valence-electron chi connectivity index (χ4n) is 1.80. The molecule has 0 amide bonds. The lowest BCUT2D eigenvalue weighted by Gasteiger charge is -2.19. The first kappa shape index (κ1) is 16.2. The van der Waals surface area contributed by atoms with E-state index in [4.69, 9.17) is 0 Å². The summed E-state index contributed by atoms with van der Waals surface area (Å²) in [7, 11) is 0. The van der Waals surface area contributed by atoms with Crippen LogP contribution in [0.5, 0.6) is 0 Å². The van der Waals surface area contributed by atoms with Crippen LogP contribution in [0.25, 0.3) is 0 Å². The van der Waals surface area contributed by atoms with E-state index in [1.54, 1.807) is 12.1 Å². The minimum Gasteiger partial charge on any atom is -0.310 e. The average molecular weight is 336 g/mol. The Morgan fingerprint density at radius 3 is 2.63 bits per heavy atom. The molecule has 1 nitrogen and oxygen atoms in total. The molecule has 0 radical (unpaired) electrons. The molecule has 1 unspecified atom stereocenters. The molecule has 5 heteroatoms. The molecule has 1 rings (SSSR count). The Morgan fingerprint density at radius 2 is 2.11 bits per heavy atom. The summed E-state index contributed by atoms with van der Waals surface area (Å²) in [4.78, 5) is 0. The second-order valence-electron chi connectivity index (χ2n) is 4.27. The van der Waals surface area contributed by atoms with Crippen molar-refractivity contribution in [3.8, 4) is 0 Å². The van der Waals surface area contributed by atoms with Crippen LogP contribution in [0.15, 0.2) is 35.3 Å². The first-order chi connectivity index (χ1) is 8.90. The fourth-order valence-corrected chi connectivity index (χ4v) is 2.27. The third kappa shape index (κ3) is 4.66. The Balaban J connectivity index is 3.06. The minimum absolute atomic E-state index is 0.0663. The first-order valence-corrected chi connectivity index (χ1v) is 6.90. The van der Waals surface area contributed by atoms with E-state index in [0.717, 1.165) is 13.0 Å². The molecule has 0 aliphatic carbocycles. The van der Waals surface area contributed by atoms with E-state index in [1.165, 1.54) is 12.1 Å². The zero-order valence-corrected chi connectivity index (χ0v) is 12.3. The average Bonchev–Trinajstić information content (AvgIpc) is 2.34. The molecule has 0 saturated heterocycles. The second kappa shape index (κ2) is 7.10. The van der Waals surface area contributed by atoms with Crippen LogP contribution in [0.3, 0.4) is 0 Å². The van der Waals surface area contributed by atoms with Crippen molar-refractivity contribution < 1.29 is 13.2 Å². The zero-order valence-electron chi connectivity index (χ0n) is 10.7. The molecule has 0 fully saturated rings. The van der Waals surface area contributed by atoms with E-state index < -0.39 is 11.7 Å². The SMILES string of the molecule is C=CCC(NCCC)c1ccc(Br)c(C(F)(F)F)c1. The van der Waals surface area contributed by atoms with Crippen molar-refractivity contribution in [3.05, 3.63) is 46.5 Å². The lowest BCUT2D eigenvalue weighted by Crippen LogP contribution is -2.22. The molecule has 1 N–H and O–H groups in total. The van der Waals surface area contributed by atoms with Crippen LogP contribution < -0.4 is 5.32 Å². The summed E-state index contributed by atoms with van der Waals surface area (Å²) in [6, 6.07) is 4.21. The monoisotopic (exact) mass is 335 g/mol. The topological polar surface area (TPSA) is 12.0 Å². The van der Waals surface area contributed by atoms with Gasteiger partial charge >= 0.3 is 6.18 Å². The predicted molar refractivity (Wildman–Crippen MR) is 75.0 cm³/mol. The van der Waals surface area contributed by atoms with Gasteiger partial charge in [0.05, 0.1) is 5.56 Å². The zero-order chi connectivity index (χ0) is 14.5. The van der Waals surface area contributed by atoms with Crippen molar-refractivity contribution in [2.45, 2.75) is 32.0 Å². The van der Waals surface area contributed by atoms with Crippen LogP contribution in [0.1, 0.15) is 36.9 Å². The van der Waals surface area contributed by atoms with E-state index in [0.29, 0.717) is 12.0 Å². The third-order valence-electron chi connectivity index (χ3n) is 2.74. The maximum Gasteiger partial charge on any atom is 0.417 e. The third-order valence-corrected chi connectivity index (χ3v) is 3.43. The van der Waals surface area contributed by atoms with Crippen molar-refractivity contribution in [2.75, 3.05) is 6.54 Å². The molecule has 19 heavy (non-hydrogen) atoms. The number of benzene rings is 1. The summed E-state index contributed by atoms with van der Waals surface area (Å²) in [6.45, 7) is 6.43. The van der Waals surface area contributed by atoms with Gasteiger partial charge in [0, 0.05) is 10.5 Å². The summed E-state index contributed by atoms with van der Waals surface area (Å²) in [5.41, 5.74) is -0.0127. The van der Waals surface area contributed by atoms with Gasteiger partial charge in [-0.3, -0.25) is 0 Å². The van der Waals surface area contributed by atoms with Crippen molar-refractivity contribution in [3.63, 3.8) is 0 Å². The molecule has 106 valence electrons. The van der Waals surface area contributed by atoms with Crippen LogP contribution in [-0.2, 0) is 6.18 Å². The molecule has 0 aromatic heterocycles. The van der Waals surface area contributed by atoms with Gasteiger partial charge in [-0.2, -0.15) is 13.2 Å². The first-order valence-electron chi connectivity index (χ1n) is 6.11. The number of hydrogen-bond acceptors (Lipinski definition) is 1. The van der Waals surface area contributed by atoms with Crippen molar-refractivity contribution in [2.24, 2.45) is 0 Å². The number of nitrogens with one attached hydrogen (secondary N) is 1. The van der Waals surface area contributed by atoms with Gasteiger partial charge in [-0.05, 0) is 37.1 Å². The molecule has 0 aliphatic rings. The molecule has 0 bridgehead atoms. The van der Waals surface area contributed by atoms with Crippen LogP contribution in [0.4, 0.5) is 13.2 Å². The van der Waals surface area contributed by atoms with Gasteiger partial charge in [0.25, 0.3) is 0 Å². The van der Waals surface area contributed by atoms with Crippen LogP contribution in [-0.4, -0.2) is 6.54 Å². The standard InChI is InChI=1S/C14H17BrF3N/c1-3-5-13(19-8-4-2)10-6-7-12(15)11(9-10)14(16,17)18/h3,6-7,9,13,19H,1,4-5,8H2,2H3. The Morgan fingerprint density at radius 1 is 1.42 bits per heavy atom. The Hall–Kier alpha value is -0.810. The number of halogens is 4. The molecular weight excluding hydrogens is 319 g/mol. The van der Waals surface area contributed by atoms with Gasteiger partial charge in [-0.1, -0.05) is 35.0 Å². The highest BCUT2D eigenvalue weighted by Crippen LogP contribution is 2.36. The number of rotatable bonds is 6. The molecular formula is C14H17BrF3N.